The average Bonchev–Trinajstić information content (AvgIpc) is 2.82. The van der Waals surface area contributed by atoms with Gasteiger partial charge in [-0.2, -0.15) is 5.10 Å². The van der Waals surface area contributed by atoms with Crippen molar-refractivity contribution in [3.8, 4) is 5.69 Å². The van der Waals surface area contributed by atoms with Crippen LogP contribution in [0.25, 0.3) is 5.69 Å². The van der Waals surface area contributed by atoms with Crippen molar-refractivity contribution in [2.45, 2.75) is 6.92 Å². The van der Waals surface area contributed by atoms with Gasteiger partial charge in [0.15, 0.2) is 0 Å². The summed E-state index contributed by atoms with van der Waals surface area (Å²) in [7, 11) is -2.33. The van der Waals surface area contributed by atoms with E-state index in [0.717, 1.165) is 16.1 Å². The Labute approximate surface area is 121 Å². The summed E-state index contributed by atoms with van der Waals surface area (Å²) in [5.41, 5.74) is 1.18. The van der Waals surface area contributed by atoms with Crippen molar-refractivity contribution >= 4 is 21.4 Å². The molecule has 0 amide bonds. The van der Waals surface area contributed by atoms with Crippen LogP contribution in [0.2, 0.25) is 0 Å². The van der Waals surface area contributed by atoms with Crippen LogP contribution in [0.15, 0.2) is 30.6 Å². The zero-order chi connectivity index (χ0) is 15.8. The Morgan fingerprint density at radius 3 is 2.52 bits per heavy atom. The molecule has 0 saturated heterocycles. The number of rotatable bonds is 4. The van der Waals surface area contributed by atoms with E-state index in [1.165, 1.54) is 29.9 Å². The van der Waals surface area contributed by atoms with Crippen LogP contribution in [0.1, 0.15) is 5.56 Å². The molecule has 0 spiro atoms. The fraction of sp³-hybridized carbons (Fsp3) is 0.250. The smallest absolute Gasteiger partial charge is 0.267 e. The van der Waals surface area contributed by atoms with Crippen molar-refractivity contribution in [3.63, 3.8) is 0 Å². The van der Waals surface area contributed by atoms with Crippen LogP contribution in [0.5, 0.6) is 0 Å². The van der Waals surface area contributed by atoms with Gasteiger partial charge >= 0.3 is 0 Å². The first-order valence-corrected chi connectivity index (χ1v) is 7.79. The van der Waals surface area contributed by atoms with Crippen LogP contribution in [0.4, 0.5) is 11.4 Å². The molecule has 0 N–H and O–H groups in total. The lowest BCUT2D eigenvalue weighted by molar-refractivity contribution is -0.384. The molecule has 0 radical (unpaired) electrons. The Kier molecular flexibility index (Phi) is 3.69. The molecule has 2 rings (SSSR count). The predicted octanol–water partition coefficient (Wildman–Crippen LogP) is 1.48. The lowest BCUT2D eigenvalue weighted by Crippen LogP contribution is -2.25. The fourth-order valence-corrected chi connectivity index (χ4v) is 2.30. The summed E-state index contributed by atoms with van der Waals surface area (Å²) < 4.78 is 25.7. The lowest BCUT2D eigenvalue weighted by Gasteiger charge is -2.17. The molecule has 9 heteroatoms. The molecule has 21 heavy (non-hydrogen) atoms. The number of hydrogen-bond donors (Lipinski definition) is 0. The van der Waals surface area contributed by atoms with Gasteiger partial charge in [0.25, 0.3) is 5.69 Å². The number of sulfonamides is 1. The van der Waals surface area contributed by atoms with Gasteiger partial charge in [-0.15, -0.1) is 0 Å². The maximum absolute atomic E-state index is 11.6. The van der Waals surface area contributed by atoms with E-state index in [-0.39, 0.29) is 11.4 Å². The molecule has 1 aromatic heterocycles. The second-order valence-electron chi connectivity index (χ2n) is 4.62. The minimum absolute atomic E-state index is 0.00634. The molecule has 0 aliphatic rings. The topological polar surface area (TPSA) is 98.3 Å². The van der Waals surface area contributed by atoms with Gasteiger partial charge in [0, 0.05) is 19.3 Å². The Bertz CT molecular complexity index is 797. The maximum atomic E-state index is 11.6. The molecule has 1 heterocycles. The number of benzene rings is 1. The average molecular weight is 310 g/mol. The quantitative estimate of drug-likeness (QED) is 0.629. The van der Waals surface area contributed by atoms with E-state index >= 15 is 0 Å². The van der Waals surface area contributed by atoms with Crippen molar-refractivity contribution in [3.05, 3.63) is 46.3 Å². The van der Waals surface area contributed by atoms with Gasteiger partial charge in [0.2, 0.25) is 10.0 Å². The molecular weight excluding hydrogens is 296 g/mol. The third kappa shape index (κ3) is 3.02. The number of aromatic nitrogens is 2. The van der Waals surface area contributed by atoms with Gasteiger partial charge in [0.05, 0.1) is 23.1 Å². The Morgan fingerprint density at radius 1 is 1.38 bits per heavy atom. The van der Waals surface area contributed by atoms with Gasteiger partial charge in [-0.1, -0.05) is 0 Å². The van der Waals surface area contributed by atoms with E-state index in [9.17, 15) is 18.5 Å². The molecule has 0 aliphatic carbocycles. The second kappa shape index (κ2) is 5.17. The van der Waals surface area contributed by atoms with Crippen molar-refractivity contribution in [2.24, 2.45) is 0 Å². The van der Waals surface area contributed by atoms with Gasteiger partial charge in [0.1, 0.15) is 5.69 Å². The minimum atomic E-state index is -3.61. The molecular formula is C12H14N4O4S. The van der Waals surface area contributed by atoms with Crippen LogP contribution in [0, 0.1) is 17.0 Å². The second-order valence-corrected chi connectivity index (χ2v) is 6.64. The SMILES string of the molecule is Cc1cnn(-c2ccc([N+](=O)[O-])c(N(C)S(C)(=O)=O)c2)c1. The molecule has 1 aromatic carbocycles. The molecule has 0 unspecified atom stereocenters. The van der Waals surface area contributed by atoms with E-state index in [2.05, 4.69) is 5.10 Å². The Hall–Kier alpha value is -2.42. The van der Waals surface area contributed by atoms with Gasteiger partial charge in [-0.25, -0.2) is 13.1 Å². The fourth-order valence-electron chi connectivity index (χ4n) is 1.79. The van der Waals surface area contributed by atoms with E-state index in [1.54, 1.807) is 12.4 Å². The third-order valence-corrected chi connectivity index (χ3v) is 4.16. The highest BCUT2D eigenvalue weighted by molar-refractivity contribution is 7.92. The van der Waals surface area contributed by atoms with Crippen molar-refractivity contribution < 1.29 is 13.3 Å². The summed E-state index contributed by atoms with van der Waals surface area (Å²) in [4.78, 5) is 10.5. The molecule has 112 valence electrons. The van der Waals surface area contributed by atoms with Crippen molar-refractivity contribution in [1.82, 2.24) is 9.78 Å². The summed E-state index contributed by atoms with van der Waals surface area (Å²) in [5, 5.41) is 15.2. The number of anilines is 1. The standard InChI is InChI=1S/C12H14N4O4S/c1-9-7-13-15(8-9)10-4-5-11(16(17)18)12(6-10)14(2)21(3,19)20/h4-8H,1-3H3. The van der Waals surface area contributed by atoms with Crippen molar-refractivity contribution in [2.75, 3.05) is 17.6 Å². The summed E-state index contributed by atoms with van der Waals surface area (Å²) in [6.07, 6.45) is 4.37. The molecule has 0 saturated carbocycles. The highest BCUT2D eigenvalue weighted by Crippen LogP contribution is 2.31. The summed E-state index contributed by atoms with van der Waals surface area (Å²) >= 11 is 0. The monoisotopic (exact) mass is 310 g/mol. The first kappa shape index (κ1) is 15.0. The van der Waals surface area contributed by atoms with Crippen LogP contribution < -0.4 is 4.31 Å². The normalized spacial score (nSPS) is 11.4. The van der Waals surface area contributed by atoms with Gasteiger partial charge in [-0.3, -0.25) is 14.4 Å². The first-order chi connectivity index (χ1) is 9.70. The number of aryl methyl sites for hydroxylation is 1. The van der Waals surface area contributed by atoms with Crippen LogP contribution >= 0.6 is 0 Å². The summed E-state index contributed by atoms with van der Waals surface area (Å²) in [6, 6.07) is 4.21. The minimum Gasteiger partial charge on any atom is -0.267 e. The number of nitro groups is 1. The molecule has 2 aromatic rings. The van der Waals surface area contributed by atoms with Crippen molar-refractivity contribution in [1.29, 1.82) is 0 Å². The highest BCUT2D eigenvalue weighted by atomic mass is 32.2. The van der Waals surface area contributed by atoms with Gasteiger partial charge < -0.3 is 0 Å². The zero-order valence-electron chi connectivity index (χ0n) is 11.7. The lowest BCUT2D eigenvalue weighted by atomic mass is 10.2. The summed E-state index contributed by atoms with van der Waals surface area (Å²) in [5.74, 6) is 0. The van der Waals surface area contributed by atoms with Crippen LogP contribution in [-0.2, 0) is 10.0 Å². The van der Waals surface area contributed by atoms with Crippen LogP contribution in [0.3, 0.4) is 0 Å². The molecule has 8 nitrogen and oxygen atoms in total. The van der Waals surface area contributed by atoms with Crippen LogP contribution in [-0.4, -0.2) is 36.4 Å². The Morgan fingerprint density at radius 2 is 2.05 bits per heavy atom. The summed E-state index contributed by atoms with van der Waals surface area (Å²) in [6.45, 7) is 1.86. The first-order valence-electron chi connectivity index (χ1n) is 5.94. The number of hydrogen-bond acceptors (Lipinski definition) is 5. The van der Waals surface area contributed by atoms with E-state index in [1.807, 2.05) is 6.92 Å². The largest absolute Gasteiger partial charge is 0.293 e. The van der Waals surface area contributed by atoms with E-state index in [4.69, 9.17) is 0 Å². The van der Waals surface area contributed by atoms with E-state index in [0.29, 0.717) is 5.69 Å². The third-order valence-electron chi connectivity index (χ3n) is 2.97. The zero-order valence-corrected chi connectivity index (χ0v) is 12.5. The highest BCUT2D eigenvalue weighted by Gasteiger charge is 2.23. The number of nitro benzene ring substituents is 1. The Balaban J connectivity index is 2.62. The maximum Gasteiger partial charge on any atom is 0.293 e. The van der Waals surface area contributed by atoms with Gasteiger partial charge in [-0.05, 0) is 24.6 Å². The molecule has 0 fully saturated rings. The predicted molar refractivity (Wildman–Crippen MR) is 78.2 cm³/mol. The number of nitrogens with zero attached hydrogens (tertiary/aromatic N) is 4. The molecule has 0 atom stereocenters. The molecule has 0 bridgehead atoms. The van der Waals surface area contributed by atoms with E-state index < -0.39 is 14.9 Å². The molecule has 0 aliphatic heterocycles.